The minimum atomic E-state index is -0.510. The van der Waals surface area contributed by atoms with E-state index in [9.17, 15) is 4.79 Å². The Morgan fingerprint density at radius 1 is 1.00 bits per heavy atom. The van der Waals surface area contributed by atoms with Gasteiger partial charge in [0.1, 0.15) is 5.75 Å². The number of carbonyl (C=O) groups is 1. The average Bonchev–Trinajstić information content (AvgIpc) is 2.62. The van der Waals surface area contributed by atoms with Gasteiger partial charge in [-0.15, -0.1) is 0 Å². The van der Waals surface area contributed by atoms with Crippen molar-refractivity contribution in [3.05, 3.63) is 65.2 Å². The fourth-order valence-electron chi connectivity index (χ4n) is 3.26. The molecule has 1 aliphatic rings. The summed E-state index contributed by atoms with van der Waals surface area (Å²) < 4.78 is 6.00. The van der Waals surface area contributed by atoms with Crippen LogP contribution in [0.25, 0.3) is 0 Å². The van der Waals surface area contributed by atoms with E-state index in [0.717, 1.165) is 24.2 Å². The maximum atomic E-state index is 12.5. The van der Waals surface area contributed by atoms with E-state index in [1.165, 1.54) is 24.0 Å². The molecule has 0 aliphatic heterocycles. The second-order valence-electron chi connectivity index (χ2n) is 6.50. The second kappa shape index (κ2) is 7.52. The molecule has 3 rings (SSSR count). The molecule has 2 aromatic rings. The molecular formula is C21H25NO2. The van der Waals surface area contributed by atoms with Crippen LogP contribution < -0.4 is 10.1 Å². The van der Waals surface area contributed by atoms with Gasteiger partial charge in [-0.1, -0.05) is 42.5 Å². The third-order valence-electron chi connectivity index (χ3n) is 4.68. The van der Waals surface area contributed by atoms with Crippen molar-refractivity contribution in [2.45, 2.75) is 51.7 Å². The Morgan fingerprint density at radius 2 is 1.75 bits per heavy atom. The lowest BCUT2D eigenvalue weighted by atomic mass is 9.91. The van der Waals surface area contributed by atoms with E-state index >= 15 is 0 Å². The minimum absolute atomic E-state index is 0.0329. The first-order chi connectivity index (χ1) is 11.6. The Kier molecular flexibility index (Phi) is 5.19. The molecule has 0 saturated carbocycles. The predicted molar refractivity (Wildman–Crippen MR) is 96.2 cm³/mol. The zero-order chi connectivity index (χ0) is 16.9. The molecule has 0 saturated heterocycles. The SMILES string of the molecule is CC(Oc1cccc2c1CCCC2)C(=O)N[C@@H](C)c1ccccc1. The Bertz CT molecular complexity index is 696. The minimum Gasteiger partial charge on any atom is -0.481 e. The summed E-state index contributed by atoms with van der Waals surface area (Å²) in [6.45, 7) is 3.81. The molecule has 24 heavy (non-hydrogen) atoms. The van der Waals surface area contributed by atoms with Crippen LogP contribution in [0.1, 0.15) is 49.4 Å². The largest absolute Gasteiger partial charge is 0.481 e. The number of rotatable bonds is 5. The maximum absolute atomic E-state index is 12.5. The van der Waals surface area contributed by atoms with Gasteiger partial charge >= 0.3 is 0 Å². The molecule has 0 fully saturated rings. The maximum Gasteiger partial charge on any atom is 0.261 e. The Hall–Kier alpha value is -2.29. The van der Waals surface area contributed by atoms with E-state index < -0.39 is 6.10 Å². The molecule has 126 valence electrons. The van der Waals surface area contributed by atoms with Gasteiger partial charge in [0.15, 0.2) is 6.10 Å². The Labute approximate surface area is 144 Å². The highest BCUT2D eigenvalue weighted by atomic mass is 16.5. The molecule has 2 atom stereocenters. The summed E-state index contributed by atoms with van der Waals surface area (Å²) in [7, 11) is 0. The van der Waals surface area contributed by atoms with E-state index in [-0.39, 0.29) is 11.9 Å². The molecule has 1 amide bonds. The molecule has 0 aromatic heterocycles. The number of fused-ring (bicyclic) bond motifs is 1. The zero-order valence-electron chi connectivity index (χ0n) is 14.4. The van der Waals surface area contributed by atoms with Crippen LogP contribution >= 0.6 is 0 Å². The van der Waals surface area contributed by atoms with Gasteiger partial charge in [0, 0.05) is 0 Å². The number of carbonyl (C=O) groups excluding carboxylic acids is 1. The normalized spacial score (nSPS) is 15.9. The molecule has 0 bridgehead atoms. The summed E-state index contributed by atoms with van der Waals surface area (Å²) in [5.41, 5.74) is 3.73. The molecule has 0 radical (unpaired) electrons. The third-order valence-corrected chi connectivity index (χ3v) is 4.68. The molecule has 3 nitrogen and oxygen atoms in total. The lowest BCUT2D eigenvalue weighted by Crippen LogP contribution is -2.38. The fraction of sp³-hybridized carbons (Fsp3) is 0.381. The number of hydrogen-bond acceptors (Lipinski definition) is 2. The highest BCUT2D eigenvalue weighted by Crippen LogP contribution is 2.30. The summed E-state index contributed by atoms with van der Waals surface area (Å²) >= 11 is 0. The molecule has 1 aliphatic carbocycles. The van der Waals surface area contributed by atoms with Crippen molar-refractivity contribution in [3.8, 4) is 5.75 Å². The van der Waals surface area contributed by atoms with E-state index in [1.54, 1.807) is 0 Å². The Balaban J connectivity index is 1.65. The van der Waals surface area contributed by atoms with E-state index in [1.807, 2.05) is 56.3 Å². The van der Waals surface area contributed by atoms with Crippen molar-refractivity contribution in [2.75, 3.05) is 0 Å². The van der Waals surface area contributed by atoms with Gasteiger partial charge in [-0.3, -0.25) is 4.79 Å². The summed E-state index contributed by atoms with van der Waals surface area (Å²) in [5, 5.41) is 3.03. The van der Waals surface area contributed by atoms with Gasteiger partial charge < -0.3 is 10.1 Å². The van der Waals surface area contributed by atoms with Gasteiger partial charge in [-0.25, -0.2) is 0 Å². The molecule has 1 N–H and O–H groups in total. The molecule has 0 heterocycles. The van der Waals surface area contributed by atoms with Crippen LogP contribution in [0.5, 0.6) is 5.75 Å². The molecular weight excluding hydrogens is 298 g/mol. The van der Waals surface area contributed by atoms with Crippen molar-refractivity contribution < 1.29 is 9.53 Å². The smallest absolute Gasteiger partial charge is 0.261 e. The second-order valence-corrected chi connectivity index (χ2v) is 6.50. The number of ether oxygens (including phenoxy) is 1. The van der Waals surface area contributed by atoms with Crippen LogP contribution in [0.15, 0.2) is 48.5 Å². The summed E-state index contributed by atoms with van der Waals surface area (Å²) in [6, 6.07) is 16.1. The van der Waals surface area contributed by atoms with E-state index in [2.05, 4.69) is 11.4 Å². The number of benzene rings is 2. The summed E-state index contributed by atoms with van der Waals surface area (Å²) in [6.07, 6.45) is 4.07. The first-order valence-electron chi connectivity index (χ1n) is 8.78. The monoisotopic (exact) mass is 323 g/mol. The fourth-order valence-corrected chi connectivity index (χ4v) is 3.26. The van der Waals surface area contributed by atoms with Gasteiger partial charge in [0.05, 0.1) is 6.04 Å². The number of hydrogen-bond donors (Lipinski definition) is 1. The Morgan fingerprint density at radius 3 is 2.54 bits per heavy atom. The van der Waals surface area contributed by atoms with Gasteiger partial charge in [0.2, 0.25) is 0 Å². The standard InChI is InChI=1S/C21H25NO2/c1-15(17-9-4-3-5-10-17)22-21(23)16(2)24-20-14-8-12-18-11-6-7-13-19(18)20/h3-5,8-10,12,14-16H,6-7,11,13H2,1-2H3,(H,22,23)/t15-,16?/m0/s1. The van der Waals surface area contributed by atoms with Crippen molar-refractivity contribution in [2.24, 2.45) is 0 Å². The third kappa shape index (κ3) is 3.78. The van der Waals surface area contributed by atoms with E-state index in [0.29, 0.717) is 0 Å². The zero-order valence-corrected chi connectivity index (χ0v) is 14.4. The molecule has 1 unspecified atom stereocenters. The van der Waals surface area contributed by atoms with E-state index in [4.69, 9.17) is 4.74 Å². The molecule has 2 aromatic carbocycles. The van der Waals surface area contributed by atoms with Crippen molar-refractivity contribution in [3.63, 3.8) is 0 Å². The number of aryl methyl sites for hydroxylation is 1. The molecule has 3 heteroatoms. The van der Waals surface area contributed by atoms with Gasteiger partial charge in [0.25, 0.3) is 5.91 Å². The predicted octanol–water partition coefficient (Wildman–Crippen LogP) is 4.21. The quantitative estimate of drug-likeness (QED) is 0.895. The van der Waals surface area contributed by atoms with Crippen molar-refractivity contribution in [1.29, 1.82) is 0 Å². The highest BCUT2D eigenvalue weighted by Gasteiger charge is 2.20. The number of nitrogens with one attached hydrogen (secondary N) is 1. The number of amides is 1. The molecule has 0 spiro atoms. The first-order valence-corrected chi connectivity index (χ1v) is 8.78. The van der Waals surface area contributed by atoms with Crippen molar-refractivity contribution >= 4 is 5.91 Å². The average molecular weight is 323 g/mol. The van der Waals surface area contributed by atoms with Gasteiger partial charge in [-0.05, 0) is 62.3 Å². The highest BCUT2D eigenvalue weighted by molar-refractivity contribution is 5.81. The van der Waals surface area contributed by atoms with Gasteiger partial charge in [-0.2, -0.15) is 0 Å². The van der Waals surface area contributed by atoms with Crippen LogP contribution in [0.4, 0.5) is 0 Å². The topological polar surface area (TPSA) is 38.3 Å². The first kappa shape index (κ1) is 16.6. The van der Waals surface area contributed by atoms with Crippen LogP contribution in [-0.2, 0) is 17.6 Å². The lowest BCUT2D eigenvalue weighted by molar-refractivity contribution is -0.127. The van der Waals surface area contributed by atoms with Crippen molar-refractivity contribution in [1.82, 2.24) is 5.32 Å². The summed E-state index contributed by atoms with van der Waals surface area (Å²) in [4.78, 5) is 12.5. The lowest BCUT2D eigenvalue weighted by Gasteiger charge is -2.23. The van der Waals surface area contributed by atoms with Crippen LogP contribution in [-0.4, -0.2) is 12.0 Å². The summed E-state index contributed by atoms with van der Waals surface area (Å²) in [5.74, 6) is 0.780. The van der Waals surface area contributed by atoms with Crippen LogP contribution in [0.3, 0.4) is 0 Å². The van der Waals surface area contributed by atoms with Crippen LogP contribution in [0, 0.1) is 0 Å². The van der Waals surface area contributed by atoms with Crippen LogP contribution in [0.2, 0.25) is 0 Å².